The van der Waals surface area contributed by atoms with Gasteiger partial charge in [0, 0.05) is 11.1 Å². The van der Waals surface area contributed by atoms with Gasteiger partial charge in [-0.2, -0.15) is 5.26 Å². The molecule has 0 aliphatic carbocycles. The maximum Gasteiger partial charge on any atom is 0.142 e. The lowest BCUT2D eigenvalue weighted by atomic mass is 9.93. The molecule has 0 aliphatic rings. The SMILES string of the molecule is Cc1c(-c2ccc(F)cc2)nc(N)c(C#N)c1-c1ccc(Cl)c(Cl)c1. The molecule has 2 aromatic carbocycles. The Morgan fingerprint density at radius 2 is 1.68 bits per heavy atom. The van der Waals surface area contributed by atoms with Crippen LogP contribution in [0.25, 0.3) is 22.4 Å². The normalized spacial score (nSPS) is 10.5. The number of hydrogen-bond acceptors (Lipinski definition) is 3. The molecule has 3 aromatic rings. The van der Waals surface area contributed by atoms with Crippen molar-refractivity contribution in [2.75, 3.05) is 5.73 Å². The molecule has 6 heteroatoms. The first kappa shape index (κ1) is 17.2. The third kappa shape index (κ3) is 3.17. The Kier molecular flexibility index (Phi) is 4.63. The van der Waals surface area contributed by atoms with Crippen LogP contribution in [0.5, 0.6) is 0 Å². The molecule has 0 saturated heterocycles. The van der Waals surface area contributed by atoms with Gasteiger partial charge in [-0.3, -0.25) is 0 Å². The van der Waals surface area contributed by atoms with E-state index in [4.69, 9.17) is 28.9 Å². The van der Waals surface area contributed by atoms with Crippen LogP contribution in [0.1, 0.15) is 11.1 Å². The van der Waals surface area contributed by atoms with E-state index in [0.29, 0.717) is 32.4 Å². The van der Waals surface area contributed by atoms with Crippen molar-refractivity contribution in [3.8, 4) is 28.5 Å². The van der Waals surface area contributed by atoms with Crippen molar-refractivity contribution in [2.24, 2.45) is 0 Å². The molecule has 3 nitrogen and oxygen atoms in total. The average Bonchev–Trinajstić information content (AvgIpc) is 2.59. The van der Waals surface area contributed by atoms with E-state index in [1.807, 2.05) is 6.92 Å². The molecule has 2 N–H and O–H groups in total. The molecule has 3 rings (SSSR count). The number of hydrogen-bond donors (Lipinski definition) is 1. The Balaban J connectivity index is 2.31. The van der Waals surface area contributed by atoms with Crippen molar-refractivity contribution in [1.82, 2.24) is 4.98 Å². The first-order valence-electron chi connectivity index (χ1n) is 7.34. The van der Waals surface area contributed by atoms with Gasteiger partial charge in [0.25, 0.3) is 0 Å². The summed E-state index contributed by atoms with van der Waals surface area (Å²) in [5.41, 5.74) is 9.65. The highest BCUT2D eigenvalue weighted by Gasteiger charge is 2.19. The topological polar surface area (TPSA) is 62.7 Å². The van der Waals surface area contributed by atoms with Crippen molar-refractivity contribution in [3.63, 3.8) is 0 Å². The lowest BCUT2D eigenvalue weighted by molar-refractivity contribution is 0.628. The van der Waals surface area contributed by atoms with E-state index < -0.39 is 0 Å². The average molecular weight is 372 g/mol. The maximum absolute atomic E-state index is 13.2. The van der Waals surface area contributed by atoms with Gasteiger partial charge in [0.1, 0.15) is 23.3 Å². The lowest BCUT2D eigenvalue weighted by Gasteiger charge is -2.15. The fourth-order valence-electron chi connectivity index (χ4n) is 2.71. The summed E-state index contributed by atoms with van der Waals surface area (Å²) in [6.45, 7) is 1.84. The van der Waals surface area contributed by atoms with Gasteiger partial charge in [-0.1, -0.05) is 29.3 Å². The summed E-state index contributed by atoms with van der Waals surface area (Å²) in [4.78, 5) is 4.34. The van der Waals surface area contributed by atoms with Crippen LogP contribution in [0.15, 0.2) is 42.5 Å². The first-order chi connectivity index (χ1) is 11.9. The summed E-state index contributed by atoms with van der Waals surface area (Å²) < 4.78 is 13.2. The van der Waals surface area contributed by atoms with Crippen molar-refractivity contribution in [2.45, 2.75) is 6.92 Å². The number of rotatable bonds is 2. The quantitative estimate of drug-likeness (QED) is 0.635. The summed E-state index contributed by atoms with van der Waals surface area (Å²) in [5.74, 6) is -0.235. The molecular formula is C19H12Cl2FN3. The summed E-state index contributed by atoms with van der Waals surface area (Å²) in [5, 5.41) is 10.3. The monoisotopic (exact) mass is 371 g/mol. The molecule has 0 saturated carbocycles. The van der Waals surface area contributed by atoms with E-state index in [1.54, 1.807) is 30.3 Å². The van der Waals surface area contributed by atoms with E-state index >= 15 is 0 Å². The molecule has 25 heavy (non-hydrogen) atoms. The van der Waals surface area contributed by atoms with Gasteiger partial charge in [0.2, 0.25) is 0 Å². The molecule has 0 atom stereocenters. The van der Waals surface area contributed by atoms with Crippen LogP contribution in [-0.2, 0) is 0 Å². The van der Waals surface area contributed by atoms with Gasteiger partial charge in [-0.15, -0.1) is 0 Å². The molecule has 0 fully saturated rings. The highest BCUT2D eigenvalue weighted by molar-refractivity contribution is 6.42. The van der Waals surface area contributed by atoms with Crippen LogP contribution < -0.4 is 5.73 Å². The number of anilines is 1. The summed E-state index contributed by atoms with van der Waals surface area (Å²) >= 11 is 12.1. The molecular weight excluding hydrogens is 360 g/mol. The highest BCUT2D eigenvalue weighted by Crippen LogP contribution is 2.37. The van der Waals surface area contributed by atoms with Gasteiger partial charge in [0.05, 0.1) is 15.7 Å². The van der Waals surface area contributed by atoms with Crippen LogP contribution in [0, 0.1) is 24.1 Å². The second kappa shape index (κ2) is 6.72. The fourth-order valence-corrected chi connectivity index (χ4v) is 3.01. The Hall–Kier alpha value is -2.61. The zero-order chi connectivity index (χ0) is 18.1. The predicted molar refractivity (Wildman–Crippen MR) is 99.0 cm³/mol. The third-order valence-corrected chi connectivity index (χ3v) is 4.65. The van der Waals surface area contributed by atoms with Crippen LogP contribution in [0.3, 0.4) is 0 Å². The molecule has 0 spiro atoms. The highest BCUT2D eigenvalue weighted by atomic mass is 35.5. The van der Waals surface area contributed by atoms with E-state index in [0.717, 1.165) is 5.56 Å². The zero-order valence-corrected chi connectivity index (χ0v) is 14.7. The molecule has 0 bridgehead atoms. The Morgan fingerprint density at radius 1 is 1.04 bits per heavy atom. The smallest absolute Gasteiger partial charge is 0.142 e. The molecule has 1 heterocycles. The van der Waals surface area contributed by atoms with Crippen LogP contribution in [0.4, 0.5) is 10.2 Å². The van der Waals surface area contributed by atoms with Gasteiger partial charge in [-0.05, 0) is 54.4 Å². The van der Waals surface area contributed by atoms with E-state index in [1.165, 1.54) is 12.1 Å². The summed E-state index contributed by atoms with van der Waals surface area (Å²) in [6.07, 6.45) is 0. The van der Waals surface area contributed by atoms with E-state index in [-0.39, 0.29) is 17.2 Å². The van der Waals surface area contributed by atoms with Gasteiger partial charge >= 0.3 is 0 Å². The number of halogens is 3. The lowest BCUT2D eigenvalue weighted by Crippen LogP contribution is -2.03. The van der Waals surface area contributed by atoms with Crippen molar-refractivity contribution < 1.29 is 4.39 Å². The van der Waals surface area contributed by atoms with Crippen LogP contribution in [-0.4, -0.2) is 4.98 Å². The van der Waals surface area contributed by atoms with Gasteiger partial charge in [-0.25, -0.2) is 9.37 Å². The minimum Gasteiger partial charge on any atom is -0.383 e. The van der Waals surface area contributed by atoms with E-state index in [9.17, 15) is 9.65 Å². The molecule has 0 unspecified atom stereocenters. The second-order valence-corrected chi connectivity index (χ2v) is 6.28. The second-order valence-electron chi connectivity index (χ2n) is 5.47. The molecule has 0 radical (unpaired) electrons. The van der Waals surface area contributed by atoms with E-state index in [2.05, 4.69) is 11.1 Å². The Bertz CT molecular complexity index is 1010. The number of pyridine rings is 1. The minimum absolute atomic E-state index is 0.105. The third-order valence-electron chi connectivity index (χ3n) is 3.91. The Labute approximate surface area is 154 Å². The minimum atomic E-state index is -0.340. The molecule has 0 amide bonds. The zero-order valence-electron chi connectivity index (χ0n) is 13.1. The number of aromatic nitrogens is 1. The maximum atomic E-state index is 13.2. The molecule has 124 valence electrons. The number of nitriles is 1. The summed E-state index contributed by atoms with van der Waals surface area (Å²) in [7, 11) is 0. The number of nitrogens with two attached hydrogens (primary N) is 1. The van der Waals surface area contributed by atoms with Crippen LogP contribution >= 0.6 is 23.2 Å². The number of nitrogens with zero attached hydrogens (tertiary/aromatic N) is 2. The van der Waals surface area contributed by atoms with Crippen molar-refractivity contribution in [1.29, 1.82) is 5.26 Å². The largest absolute Gasteiger partial charge is 0.383 e. The number of benzene rings is 2. The Morgan fingerprint density at radius 3 is 2.28 bits per heavy atom. The number of nitrogen functional groups attached to an aromatic ring is 1. The summed E-state index contributed by atoms with van der Waals surface area (Å²) in [6, 6.07) is 13.2. The van der Waals surface area contributed by atoms with Crippen LogP contribution in [0.2, 0.25) is 10.0 Å². The first-order valence-corrected chi connectivity index (χ1v) is 8.09. The predicted octanol–water partition coefficient (Wildman–Crippen LogP) is 5.62. The molecule has 0 aliphatic heterocycles. The van der Waals surface area contributed by atoms with Gasteiger partial charge in [0.15, 0.2) is 0 Å². The van der Waals surface area contributed by atoms with Crippen molar-refractivity contribution >= 4 is 29.0 Å². The van der Waals surface area contributed by atoms with Crippen molar-refractivity contribution in [3.05, 3.63) is 69.5 Å². The fraction of sp³-hybridized carbons (Fsp3) is 0.0526. The molecule has 1 aromatic heterocycles. The van der Waals surface area contributed by atoms with Gasteiger partial charge < -0.3 is 5.73 Å². The standard InChI is InChI=1S/C19H12Cl2FN3/c1-10-17(12-4-7-15(20)16(21)8-12)14(9-23)19(24)25-18(10)11-2-5-13(22)6-3-11/h2-8H,1H3,(H2,24,25).